The summed E-state index contributed by atoms with van der Waals surface area (Å²) in [6, 6.07) is 6.77. The van der Waals surface area contributed by atoms with Gasteiger partial charge in [0.25, 0.3) is 0 Å². The van der Waals surface area contributed by atoms with Crippen LogP contribution in [0, 0.1) is 11.7 Å². The lowest BCUT2D eigenvalue weighted by atomic mass is 9.84. The Bertz CT molecular complexity index is 944. The fraction of sp³-hybridized carbons (Fsp3) is 0.500. The van der Waals surface area contributed by atoms with E-state index in [1.165, 1.54) is 12.1 Å². The van der Waals surface area contributed by atoms with Crippen LogP contribution in [-0.2, 0) is 6.42 Å². The van der Waals surface area contributed by atoms with Crippen LogP contribution in [0.3, 0.4) is 0 Å². The van der Waals surface area contributed by atoms with Crippen molar-refractivity contribution < 1.29 is 4.39 Å². The van der Waals surface area contributed by atoms with E-state index in [0.29, 0.717) is 17.9 Å². The number of benzene rings is 1. The number of nitrogens with two attached hydrogens (primary N) is 1. The molecule has 4 rings (SSSR count). The zero-order chi connectivity index (χ0) is 20.2. The largest absolute Gasteiger partial charge is 0.353 e. The number of unbranched alkanes of at least 4 members (excludes halogenated alkanes) is 1. The van der Waals surface area contributed by atoms with Crippen LogP contribution in [0.2, 0.25) is 0 Å². The third kappa shape index (κ3) is 4.56. The standard InChI is InChI=1S/C22H29FN6/c1-2-3-12-25-22-26-14-19-21(16-6-8-17(23)9-7-16)27-20(29(19)28-22)13-15-4-10-18(24)11-5-15/h6-9,14-15,18H,2-5,10-13,24H2,1H3,(H,25,28). The van der Waals surface area contributed by atoms with Crippen molar-refractivity contribution in [2.24, 2.45) is 11.7 Å². The summed E-state index contributed by atoms with van der Waals surface area (Å²) in [7, 11) is 0. The van der Waals surface area contributed by atoms with Crippen molar-refractivity contribution in [3.05, 3.63) is 42.1 Å². The van der Waals surface area contributed by atoms with Gasteiger partial charge in [0.15, 0.2) is 0 Å². The molecule has 3 aromatic rings. The SMILES string of the molecule is CCCCNc1ncc2c(-c3ccc(F)cc3)nc(CC3CCC(N)CC3)n2n1. The Morgan fingerprint density at radius 1 is 1.17 bits per heavy atom. The van der Waals surface area contributed by atoms with E-state index in [-0.39, 0.29) is 5.82 Å². The molecule has 2 heterocycles. The van der Waals surface area contributed by atoms with Gasteiger partial charge >= 0.3 is 0 Å². The fourth-order valence-corrected chi connectivity index (χ4v) is 4.00. The molecule has 0 aliphatic heterocycles. The molecule has 3 N–H and O–H groups in total. The van der Waals surface area contributed by atoms with Crippen LogP contribution in [0.25, 0.3) is 16.8 Å². The van der Waals surface area contributed by atoms with Crippen LogP contribution in [0.5, 0.6) is 0 Å². The van der Waals surface area contributed by atoms with Crippen LogP contribution in [0.4, 0.5) is 10.3 Å². The third-order valence-electron chi connectivity index (χ3n) is 5.75. The molecule has 0 saturated heterocycles. The lowest BCUT2D eigenvalue weighted by Crippen LogP contribution is -2.27. The second-order valence-electron chi connectivity index (χ2n) is 8.03. The molecule has 0 amide bonds. The average molecular weight is 397 g/mol. The second kappa shape index (κ2) is 8.86. The van der Waals surface area contributed by atoms with Gasteiger partial charge in [-0.3, -0.25) is 0 Å². The maximum atomic E-state index is 13.4. The summed E-state index contributed by atoms with van der Waals surface area (Å²) in [5.74, 6) is 1.85. The molecule has 1 aromatic carbocycles. The molecule has 1 aliphatic carbocycles. The number of nitrogens with one attached hydrogen (secondary N) is 1. The highest BCUT2D eigenvalue weighted by Gasteiger charge is 2.23. The zero-order valence-electron chi connectivity index (χ0n) is 16.9. The van der Waals surface area contributed by atoms with E-state index < -0.39 is 0 Å². The topological polar surface area (TPSA) is 81.1 Å². The molecule has 29 heavy (non-hydrogen) atoms. The molecule has 1 saturated carbocycles. The van der Waals surface area contributed by atoms with E-state index in [1.807, 2.05) is 10.7 Å². The lowest BCUT2D eigenvalue weighted by Gasteiger charge is -2.25. The molecule has 0 bridgehead atoms. The van der Waals surface area contributed by atoms with Crippen molar-refractivity contribution in [1.29, 1.82) is 0 Å². The Labute approximate surface area is 170 Å². The molecule has 0 atom stereocenters. The van der Waals surface area contributed by atoms with Crippen molar-refractivity contribution in [3.8, 4) is 11.3 Å². The molecule has 1 aliphatic rings. The highest BCUT2D eigenvalue weighted by Crippen LogP contribution is 2.29. The molecule has 0 spiro atoms. The van der Waals surface area contributed by atoms with Gasteiger partial charge in [0, 0.05) is 24.6 Å². The Morgan fingerprint density at radius 2 is 1.93 bits per heavy atom. The monoisotopic (exact) mass is 396 g/mol. The van der Waals surface area contributed by atoms with Gasteiger partial charge in [0.05, 0.1) is 11.9 Å². The van der Waals surface area contributed by atoms with E-state index in [2.05, 4.69) is 17.2 Å². The first-order valence-corrected chi connectivity index (χ1v) is 10.6. The summed E-state index contributed by atoms with van der Waals surface area (Å²) in [5, 5.41) is 8.02. The van der Waals surface area contributed by atoms with Crippen molar-refractivity contribution >= 4 is 11.5 Å². The number of nitrogens with zero attached hydrogens (tertiary/aromatic N) is 4. The third-order valence-corrected chi connectivity index (χ3v) is 5.75. The van der Waals surface area contributed by atoms with Crippen LogP contribution in [0.15, 0.2) is 30.5 Å². The predicted molar refractivity (Wildman–Crippen MR) is 113 cm³/mol. The van der Waals surface area contributed by atoms with Gasteiger partial charge in [0.1, 0.15) is 17.2 Å². The van der Waals surface area contributed by atoms with Gasteiger partial charge in [-0.25, -0.2) is 18.9 Å². The summed E-state index contributed by atoms with van der Waals surface area (Å²) in [6.45, 7) is 3.00. The van der Waals surface area contributed by atoms with Gasteiger partial charge in [-0.1, -0.05) is 13.3 Å². The molecule has 6 nitrogen and oxygen atoms in total. The number of hydrogen-bond donors (Lipinski definition) is 2. The van der Waals surface area contributed by atoms with Crippen molar-refractivity contribution in [2.75, 3.05) is 11.9 Å². The number of fused-ring (bicyclic) bond motifs is 1. The van der Waals surface area contributed by atoms with Gasteiger partial charge in [-0.05, 0) is 62.3 Å². The fourth-order valence-electron chi connectivity index (χ4n) is 4.00. The molecule has 7 heteroatoms. The van der Waals surface area contributed by atoms with Gasteiger partial charge in [-0.2, -0.15) is 0 Å². The van der Waals surface area contributed by atoms with E-state index in [9.17, 15) is 4.39 Å². The van der Waals surface area contributed by atoms with Crippen LogP contribution in [-0.4, -0.2) is 32.2 Å². The van der Waals surface area contributed by atoms with Crippen molar-refractivity contribution in [1.82, 2.24) is 19.6 Å². The highest BCUT2D eigenvalue weighted by molar-refractivity contribution is 5.77. The first kappa shape index (κ1) is 19.8. The average Bonchev–Trinajstić information content (AvgIpc) is 3.08. The second-order valence-corrected chi connectivity index (χ2v) is 8.03. The molecule has 0 radical (unpaired) electrons. The van der Waals surface area contributed by atoms with E-state index in [0.717, 1.165) is 74.1 Å². The number of aromatic nitrogens is 4. The normalized spacial score (nSPS) is 19.6. The summed E-state index contributed by atoms with van der Waals surface area (Å²) in [6.07, 6.45) is 9.23. The van der Waals surface area contributed by atoms with Crippen LogP contribution >= 0.6 is 0 Å². The van der Waals surface area contributed by atoms with Crippen molar-refractivity contribution in [3.63, 3.8) is 0 Å². The van der Waals surface area contributed by atoms with Crippen molar-refractivity contribution in [2.45, 2.75) is 57.9 Å². The quantitative estimate of drug-likeness (QED) is 0.585. The molecular weight excluding hydrogens is 367 g/mol. The number of anilines is 1. The first-order chi connectivity index (χ1) is 14.1. The molecule has 2 aromatic heterocycles. The summed E-state index contributed by atoms with van der Waals surface area (Å²) in [5.41, 5.74) is 8.59. The summed E-state index contributed by atoms with van der Waals surface area (Å²) >= 11 is 0. The first-order valence-electron chi connectivity index (χ1n) is 10.6. The Morgan fingerprint density at radius 3 is 2.66 bits per heavy atom. The number of rotatable bonds is 7. The lowest BCUT2D eigenvalue weighted by molar-refractivity contribution is 0.320. The molecular formula is C22H29FN6. The van der Waals surface area contributed by atoms with E-state index in [4.69, 9.17) is 15.8 Å². The smallest absolute Gasteiger partial charge is 0.241 e. The highest BCUT2D eigenvalue weighted by atomic mass is 19.1. The minimum atomic E-state index is -0.255. The van der Waals surface area contributed by atoms with Gasteiger partial charge in [-0.15, -0.1) is 5.10 Å². The van der Waals surface area contributed by atoms with Gasteiger partial charge < -0.3 is 11.1 Å². The summed E-state index contributed by atoms with van der Waals surface area (Å²) < 4.78 is 15.3. The molecule has 1 fully saturated rings. The van der Waals surface area contributed by atoms with Crippen LogP contribution in [0.1, 0.15) is 51.3 Å². The zero-order valence-corrected chi connectivity index (χ0v) is 16.9. The minimum absolute atomic E-state index is 0.255. The number of halogens is 1. The Kier molecular flexibility index (Phi) is 6.04. The predicted octanol–water partition coefficient (Wildman–Crippen LogP) is 4.20. The van der Waals surface area contributed by atoms with Gasteiger partial charge in [0.2, 0.25) is 5.95 Å². The molecule has 0 unspecified atom stereocenters. The number of imidazole rings is 1. The summed E-state index contributed by atoms with van der Waals surface area (Å²) in [4.78, 5) is 9.40. The maximum absolute atomic E-state index is 13.4. The Balaban J connectivity index is 1.68. The minimum Gasteiger partial charge on any atom is -0.353 e. The maximum Gasteiger partial charge on any atom is 0.241 e. The molecule has 154 valence electrons. The van der Waals surface area contributed by atoms with E-state index in [1.54, 1.807) is 12.1 Å². The Hall–Kier alpha value is -2.54. The van der Waals surface area contributed by atoms with Crippen LogP contribution < -0.4 is 11.1 Å². The number of hydrogen-bond acceptors (Lipinski definition) is 5. The van der Waals surface area contributed by atoms with E-state index >= 15 is 0 Å².